The number of Topliss-reactive ketones (excluding diaryl/α,β-unsaturated/α-hetero) is 1. The van der Waals surface area contributed by atoms with E-state index in [0.717, 1.165) is 0 Å². The van der Waals surface area contributed by atoms with Gasteiger partial charge in [-0.15, -0.1) is 0 Å². The first-order chi connectivity index (χ1) is 5.29. The second-order valence-electron chi connectivity index (χ2n) is 2.54. The Hall–Kier alpha value is -0.410. The Kier molecular flexibility index (Phi) is 3.02. The van der Waals surface area contributed by atoms with E-state index in [9.17, 15) is 4.79 Å². The van der Waals surface area contributed by atoms with Crippen molar-refractivity contribution in [2.75, 3.05) is 13.2 Å². The van der Waals surface area contributed by atoms with E-state index in [1.807, 2.05) is 13.8 Å². The van der Waals surface area contributed by atoms with Gasteiger partial charge in [-0.25, -0.2) is 0 Å². The minimum atomic E-state index is -0.278. The summed E-state index contributed by atoms with van der Waals surface area (Å²) in [5.74, 6) is 0.172. The fourth-order valence-electron chi connectivity index (χ4n) is 1.21. The quantitative estimate of drug-likeness (QED) is 0.606. The molecule has 0 bridgehead atoms. The average molecular weight is 158 g/mol. The van der Waals surface area contributed by atoms with Crippen LogP contribution in [0.3, 0.4) is 0 Å². The van der Waals surface area contributed by atoms with Crippen LogP contribution >= 0.6 is 0 Å². The Bertz CT molecular complexity index is 144. The van der Waals surface area contributed by atoms with E-state index in [1.54, 1.807) is 0 Å². The first kappa shape index (κ1) is 8.68. The van der Waals surface area contributed by atoms with Gasteiger partial charge in [-0.3, -0.25) is 4.79 Å². The van der Waals surface area contributed by atoms with Crippen molar-refractivity contribution in [2.24, 2.45) is 0 Å². The van der Waals surface area contributed by atoms with E-state index in [4.69, 9.17) is 9.47 Å². The summed E-state index contributed by atoms with van der Waals surface area (Å²) in [5, 5.41) is 0. The predicted octanol–water partition coefficient (Wildman–Crippen LogP) is 0.769. The van der Waals surface area contributed by atoms with Gasteiger partial charge in [-0.2, -0.15) is 0 Å². The van der Waals surface area contributed by atoms with E-state index in [1.165, 1.54) is 0 Å². The lowest BCUT2D eigenvalue weighted by molar-refractivity contribution is -0.164. The summed E-state index contributed by atoms with van der Waals surface area (Å²) in [5.41, 5.74) is 0. The fraction of sp³-hybridized carbons (Fsp3) is 0.875. The number of rotatable bonds is 4. The molecule has 11 heavy (non-hydrogen) atoms. The molecule has 1 fully saturated rings. The molecule has 0 aromatic carbocycles. The second kappa shape index (κ2) is 3.83. The molecule has 0 N–H and O–H groups in total. The van der Waals surface area contributed by atoms with Crippen molar-refractivity contribution in [3.8, 4) is 0 Å². The smallest absolute Gasteiger partial charge is 0.166 e. The average Bonchev–Trinajstić information content (AvgIpc) is 2.00. The van der Waals surface area contributed by atoms with Crippen LogP contribution in [0.5, 0.6) is 0 Å². The Morgan fingerprint density at radius 3 is 2.45 bits per heavy atom. The Morgan fingerprint density at radius 1 is 1.36 bits per heavy atom. The Labute approximate surface area is 66.7 Å². The number of ether oxygens (including phenoxy) is 2. The molecule has 3 heteroatoms. The van der Waals surface area contributed by atoms with Crippen molar-refractivity contribution < 1.29 is 14.3 Å². The van der Waals surface area contributed by atoms with Crippen molar-refractivity contribution in [2.45, 2.75) is 32.5 Å². The second-order valence-corrected chi connectivity index (χ2v) is 2.54. The lowest BCUT2D eigenvalue weighted by atomic mass is 9.90. The van der Waals surface area contributed by atoms with Gasteiger partial charge in [0.25, 0.3) is 0 Å². The van der Waals surface area contributed by atoms with Crippen molar-refractivity contribution in [1.82, 2.24) is 0 Å². The molecule has 0 heterocycles. The number of carbonyl (C=O) groups excluding carboxylic acids is 1. The summed E-state index contributed by atoms with van der Waals surface area (Å²) in [6.45, 7) is 5.04. The molecule has 1 rings (SSSR count). The molecule has 1 saturated carbocycles. The van der Waals surface area contributed by atoms with Crippen LogP contribution in [0.25, 0.3) is 0 Å². The van der Waals surface area contributed by atoms with Gasteiger partial charge in [0, 0.05) is 19.6 Å². The van der Waals surface area contributed by atoms with Crippen molar-refractivity contribution in [1.29, 1.82) is 0 Å². The maximum Gasteiger partial charge on any atom is 0.166 e. The van der Waals surface area contributed by atoms with Crippen LogP contribution in [0.15, 0.2) is 0 Å². The highest BCUT2D eigenvalue weighted by molar-refractivity contribution is 5.90. The van der Waals surface area contributed by atoms with Crippen LogP contribution < -0.4 is 0 Å². The number of carbonyl (C=O) groups is 1. The van der Waals surface area contributed by atoms with Gasteiger partial charge in [0.1, 0.15) is 6.10 Å². The highest BCUT2D eigenvalue weighted by Crippen LogP contribution is 2.22. The first-order valence-electron chi connectivity index (χ1n) is 4.05. The van der Waals surface area contributed by atoms with Gasteiger partial charge < -0.3 is 9.47 Å². The van der Waals surface area contributed by atoms with Crippen LogP contribution in [0, 0.1) is 0 Å². The zero-order chi connectivity index (χ0) is 8.27. The third-order valence-electron chi connectivity index (χ3n) is 1.78. The molecular weight excluding hydrogens is 144 g/mol. The van der Waals surface area contributed by atoms with Crippen LogP contribution in [-0.4, -0.2) is 31.2 Å². The molecule has 2 unspecified atom stereocenters. The minimum absolute atomic E-state index is 0.0208. The molecule has 0 radical (unpaired) electrons. The van der Waals surface area contributed by atoms with Gasteiger partial charge in [0.05, 0.1) is 6.10 Å². The molecule has 0 aromatic rings. The van der Waals surface area contributed by atoms with Crippen LogP contribution in [0.2, 0.25) is 0 Å². The van der Waals surface area contributed by atoms with Crippen molar-refractivity contribution in [3.05, 3.63) is 0 Å². The third kappa shape index (κ3) is 1.79. The first-order valence-corrected chi connectivity index (χ1v) is 4.05. The van der Waals surface area contributed by atoms with E-state index in [-0.39, 0.29) is 18.0 Å². The van der Waals surface area contributed by atoms with Crippen LogP contribution in [-0.2, 0) is 14.3 Å². The standard InChI is InChI=1S/C8H14O3/c1-3-10-7-5-6(9)8(7)11-4-2/h7-8H,3-5H2,1-2H3. The minimum Gasteiger partial charge on any atom is -0.375 e. The van der Waals surface area contributed by atoms with Gasteiger partial charge in [0.2, 0.25) is 0 Å². The summed E-state index contributed by atoms with van der Waals surface area (Å²) in [7, 11) is 0. The summed E-state index contributed by atoms with van der Waals surface area (Å²) in [6, 6.07) is 0. The topological polar surface area (TPSA) is 35.5 Å². The maximum atomic E-state index is 10.9. The third-order valence-corrected chi connectivity index (χ3v) is 1.78. The summed E-state index contributed by atoms with van der Waals surface area (Å²) < 4.78 is 10.4. The van der Waals surface area contributed by atoms with Crippen molar-refractivity contribution >= 4 is 5.78 Å². The highest BCUT2D eigenvalue weighted by atomic mass is 16.5. The molecule has 1 aliphatic rings. The Balaban J connectivity index is 2.29. The Morgan fingerprint density at radius 2 is 2.00 bits per heavy atom. The fourth-order valence-corrected chi connectivity index (χ4v) is 1.21. The lowest BCUT2D eigenvalue weighted by Crippen LogP contribution is -2.50. The maximum absolute atomic E-state index is 10.9. The molecule has 1 aliphatic carbocycles. The predicted molar refractivity (Wildman–Crippen MR) is 40.5 cm³/mol. The van der Waals surface area contributed by atoms with E-state index < -0.39 is 0 Å². The summed E-state index contributed by atoms with van der Waals surface area (Å²) in [4.78, 5) is 10.9. The highest BCUT2D eigenvalue weighted by Gasteiger charge is 2.40. The molecule has 0 spiro atoms. The molecule has 3 nitrogen and oxygen atoms in total. The zero-order valence-corrected chi connectivity index (χ0v) is 7.00. The van der Waals surface area contributed by atoms with Crippen LogP contribution in [0.4, 0.5) is 0 Å². The summed E-state index contributed by atoms with van der Waals surface area (Å²) >= 11 is 0. The molecule has 0 saturated heterocycles. The normalized spacial score (nSPS) is 30.2. The monoisotopic (exact) mass is 158 g/mol. The number of hydrogen-bond donors (Lipinski definition) is 0. The largest absolute Gasteiger partial charge is 0.375 e. The molecule has 0 aromatic heterocycles. The lowest BCUT2D eigenvalue weighted by Gasteiger charge is -2.33. The van der Waals surface area contributed by atoms with Crippen molar-refractivity contribution in [3.63, 3.8) is 0 Å². The molecule has 0 aliphatic heterocycles. The van der Waals surface area contributed by atoms with E-state index >= 15 is 0 Å². The molecule has 0 amide bonds. The van der Waals surface area contributed by atoms with Crippen LogP contribution in [0.1, 0.15) is 20.3 Å². The van der Waals surface area contributed by atoms with E-state index in [0.29, 0.717) is 19.6 Å². The zero-order valence-electron chi connectivity index (χ0n) is 7.00. The molecule has 2 atom stereocenters. The molecular formula is C8H14O3. The van der Waals surface area contributed by atoms with Gasteiger partial charge in [0.15, 0.2) is 5.78 Å². The van der Waals surface area contributed by atoms with Gasteiger partial charge in [-0.1, -0.05) is 0 Å². The van der Waals surface area contributed by atoms with Gasteiger partial charge in [-0.05, 0) is 13.8 Å². The SMILES string of the molecule is CCOC1CC(=O)C1OCC. The van der Waals surface area contributed by atoms with E-state index in [2.05, 4.69) is 0 Å². The van der Waals surface area contributed by atoms with Gasteiger partial charge >= 0.3 is 0 Å². The summed E-state index contributed by atoms with van der Waals surface area (Å²) in [6.07, 6.45) is 0.269. The number of ketones is 1. The number of hydrogen-bond acceptors (Lipinski definition) is 3. The molecule has 64 valence electrons.